The number of nitrogens with zero attached hydrogens (tertiary/aromatic N) is 2. The van der Waals surface area contributed by atoms with Crippen LogP contribution in [0.3, 0.4) is 0 Å². The fourth-order valence-corrected chi connectivity index (χ4v) is 2.09. The van der Waals surface area contributed by atoms with Gasteiger partial charge in [-0.25, -0.2) is 0 Å². The van der Waals surface area contributed by atoms with E-state index in [1.807, 2.05) is 12.1 Å². The Morgan fingerprint density at radius 3 is 3.06 bits per heavy atom. The Kier molecular flexibility index (Phi) is 3.43. The molecular weight excluding hydrogens is 200 g/mol. The molecule has 0 aliphatic carbocycles. The third-order valence-corrected chi connectivity index (χ3v) is 2.96. The summed E-state index contributed by atoms with van der Waals surface area (Å²) in [5.41, 5.74) is 2.48. The zero-order chi connectivity index (χ0) is 11.4. The highest BCUT2D eigenvalue weighted by atomic mass is 16.5. The van der Waals surface area contributed by atoms with Crippen molar-refractivity contribution in [1.29, 1.82) is 5.26 Å². The molecule has 1 aromatic carbocycles. The van der Waals surface area contributed by atoms with Crippen molar-refractivity contribution in [2.45, 2.75) is 19.4 Å². The van der Waals surface area contributed by atoms with Crippen LogP contribution >= 0.6 is 0 Å². The Hall–Kier alpha value is -1.53. The van der Waals surface area contributed by atoms with Gasteiger partial charge in [-0.2, -0.15) is 5.26 Å². The van der Waals surface area contributed by atoms with E-state index in [-0.39, 0.29) is 6.04 Å². The molecule has 0 aromatic heterocycles. The van der Waals surface area contributed by atoms with Crippen LogP contribution in [0.25, 0.3) is 0 Å². The highest BCUT2D eigenvalue weighted by molar-refractivity contribution is 5.55. The van der Waals surface area contributed by atoms with Crippen LogP contribution in [0.4, 0.5) is 5.69 Å². The van der Waals surface area contributed by atoms with E-state index in [4.69, 9.17) is 10.00 Å². The lowest BCUT2D eigenvalue weighted by Crippen LogP contribution is -2.45. The topological polar surface area (TPSA) is 36.3 Å². The monoisotopic (exact) mass is 216 g/mol. The predicted octanol–water partition coefficient (Wildman–Crippen LogP) is 1.98. The molecule has 1 aromatic rings. The average molecular weight is 216 g/mol. The van der Waals surface area contributed by atoms with Gasteiger partial charge in [-0.05, 0) is 18.1 Å². The maximum absolute atomic E-state index is 9.11. The van der Waals surface area contributed by atoms with Crippen LogP contribution in [0, 0.1) is 11.3 Å². The van der Waals surface area contributed by atoms with Gasteiger partial charge in [0.05, 0.1) is 19.3 Å². The van der Waals surface area contributed by atoms with E-state index in [1.54, 1.807) is 0 Å². The fraction of sp³-hybridized carbons (Fsp3) is 0.462. The number of rotatable bonds is 2. The number of aryl methyl sites for hydroxylation is 1. The second kappa shape index (κ2) is 5.00. The molecular formula is C13H16N2O. The van der Waals surface area contributed by atoms with Crippen molar-refractivity contribution in [2.75, 3.05) is 24.7 Å². The Bertz CT molecular complexity index is 397. The Labute approximate surface area is 96.2 Å². The zero-order valence-electron chi connectivity index (χ0n) is 9.52. The number of hydrogen-bond acceptors (Lipinski definition) is 3. The summed E-state index contributed by atoms with van der Waals surface area (Å²) in [7, 11) is 0. The molecule has 0 N–H and O–H groups in total. The average Bonchev–Trinajstić information content (AvgIpc) is 2.38. The molecule has 0 saturated carbocycles. The quantitative estimate of drug-likeness (QED) is 0.758. The van der Waals surface area contributed by atoms with Gasteiger partial charge in [0.1, 0.15) is 6.04 Å². The number of benzene rings is 1. The van der Waals surface area contributed by atoms with Crippen LogP contribution < -0.4 is 4.90 Å². The van der Waals surface area contributed by atoms with Gasteiger partial charge in [0.15, 0.2) is 0 Å². The highest BCUT2D eigenvalue weighted by Gasteiger charge is 2.23. The predicted molar refractivity (Wildman–Crippen MR) is 63.4 cm³/mol. The van der Waals surface area contributed by atoms with Crippen molar-refractivity contribution in [3.8, 4) is 6.07 Å². The molecule has 84 valence electrons. The maximum Gasteiger partial charge on any atom is 0.140 e. The molecule has 1 unspecified atom stereocenters. The van der Waals surface area contributed by atoms with Crippen LogP contribution in [-0.4, -0.2) is 25.8 Å². The first kappa shape index (κ1) is 11.0. The third kappa shape index (κ3) is 2.02. The number of ether oxygens (including phenoxy) is 1. The van der Waals surface area contributed by atoms with Crippen molar-refractivity contribution in [3.63, 3.8) is 0 Å². The molecule has 0 spiro atoms. The molecule has 16 heavy (non-hydrogen) atoms. The molecule has 1 atom stereocenters. The van der Waals surface area contributed by atoms with Crippen molar-refractivity contribution in [3.05, 3.63) is 29.8 Å². The summed E-state index contributed by atoms with van der Waals surface area (Å²) in [6.07, 6.45) is 0.992. The van der Waals surface area contributed by atoms with Gasteiger partial charge in [-0.1, -0.05) is 25.1 Å². The van der Waals surface area contributed by atoms with E-state index in [1.165, 1.54) is 11.3 Å². The first-order chi connectivity index (χ1) is 7.86. The molecule has 1 aliphatic heterocycles. The Morgan fingerprint density at radius 2 is 2.31 bits per heavy atom. The number of morpholine rings is 1. The maximum atomic E-state index is 9.11. The number of anilines is 1. The van der Waals surface area contributed by atoms with Crippen molar-refractivity contribution in [1.82, 2.24) is 0 Å². The van der Waals surface area contributed by atoms with Crippen LogP contribution in [0.2, 0.25) is 0 Å². The first-order valence-corrected chi connectivity index (χ1v) is 5.68. The van der Waals surface area contributed by atoms with E-state index in [0.29, 0.717) is 13.2 Å². The lowest BCUT2D eigenvalue weighted by atomic mass is 10.1. The van der Waals surface area contributed by atoms with Crippen molar-refractivity contribution >= 4 is 5.69 Å². The molecule has 0 bridgehead atoms. The van der Waals surface area contributed by atoms with Gasteiger partial charge in [0.2, 0.25) is 0 Å². The van der Waals surface area contributed by atoms with Crippen LogP contribution in [0.1, 0.15) is 12.5 Å². The molecule has 3 nitrogen and oxygen atoms in total. The van der Waals surface area contributed by atoms with Gasteiger partial charge in [-0.15, -0.1) is 0 Å². The highest BCUT2D eigenvalue weighted by Crippen LogP contribution is 2.24. The van der Waals surface area contributed by atoms with Crippen LogP contribution in [-0.2, 0) is 11.2 Å². The smallest absolute Gasteiger partial charge is 0.140 e. The van der Waals surface area contributed by atoms with Gasteiger partial charge < -0.3 is 9.64 Å². The van der Waals surface area contributed by atoms with Crippen molar-refractivity contribution < 1.29 is 4.74 Å². The summed E-state index contributed by atoms with van der Waals surface area (Å²) in [5, 5.41) is 9.11. The van der Waals surface area contributed by atoms with E-state index >= 15 is 0 Å². The first-order valence-electron chi connectivity index (χ1n) is 5.68. The van der Waals surface area contributed by atoms with Crippen LogP contribution in [0.15, 0.2) is 24.3 Å². The van der Waals surface area contributed by atoms with Gasteiger partial charge in [-0.3, -0.25) is 0 Å². The van der Waals surface area contributed by atoms with E-state index in [2.05, 4.69) is 30.0 Å². The number of para-hydroxylation sites is 1. The number of nitriles is 1. The number of hydrogen-bond donors (Lipinski definition) is 0. The molecule has 1 saturated heterocycles. The molecule has 0 amide bonds. The molecule has 2 rings (SSSR count). The molecule has 0 radical (unpaired) electrons. The Morgan fingerprint density at radius 1 is 1.50 bits per heavy atom. The second-order valence-electron chi connectivity index (χ2n) is 3.90. The summed E-state index contributed by atoms with van der Waals surface area (Å²) < 4.78 is 5.33. The molecule has 3 heteroatoms. The lowest BCUT2D eigenvalue weighted by molar-refractivity contribution is 0.107. The van der Waals surface area contributed by atoms with E-state index < -0.39 is 0 Å². The third-order valence-electron chi connectivity index (χ3n) is 2.96. The summed E-state index contributed by atoms with van der Waals surface area (Å²) in [6, 6.07) is 10.4. The van der Waals surface area contributed by atoms with E-state index in [0.717, 1.165) is 13.0 Å². The standard InChI is InChI=1S/C13H16N2O/c1-2-11-5-3-4-6-13(11)15-7-8-16-10-12(15)9-14/h3-6,12H,2,7-8,10H2,1H3. The largest absolute Gasteiger partial charge is 0.376 e. The fourth-order valence-electron chi connectivity index (χ4n) is 2.09. The summed E-state index contributed by atoms with van der Waals surface area (Å²) in [6.45, 7) is 4.15. The summed E-state index contributed by atoms with van der Waals surface area (Å²) in [5.74, 6) is 0. The van der Waals surface area contributed by atoms with Gasteiger partial charge in [0.25, 0.3) is 0 Å². The summed E-state index contributed by atoms with van der Waals surface area (Å²) >= 11 is 0. The lowest BCUT2D eigenvalue weighted by Gasteiger charge is -2.34. The van der Waals surface area contributed by atoms with Gasteiger partial charge >= 0.3 is 0 Å². The molecule has 1 aliphatic rings. The SMILES string of the molecule is CCc1ccccc1N1CCOCC1C#N. The normalized spacial score (nSPS) is 20.5. The second-order valence-corrected chi connectivity index (χ2v) is 3.90. The van der Waals surface area contributed by atoms with Gasteiger partial charge in [0, 0.05) is 12.2 Å². The molecule has 1 fully saturated rings. The minimum Gasteiger partial charge on any atom is -0.376 e. The summed E-state index contributed by atoms with van der Waals surface area (Å²) in [4.78, 5) is 2.16. The van der Waals surface area contributed by atoms with Crippen molar-refractivity contribution in [2.24, 2.45) is 0 Å². The minimum absolute atomic E-state index is 0.151. The molecule has 1 heterocycles. The minimum atomic E-state index is -0.151. The van der Waals surface area contributed by atoms with E-state index in [9.17, 15) is 0 Å². The Balaban J connectivity index is 2.31. The van der Waals surface area contributed by atoms with Crippen LogP contribution in [0.5, 0.6) is 0 Å². The zero-order valence-corrected chi connectivity index (χ0v) is 9.52.